The van der Waals surface area contributed by atoms with Gasteiger partial charge in [0.05, 0.1) is 4.92 Å². The number of aromatic nitrogens is 1. The van der Waals surface area contributed by atoms with Gasteiger partial charge in [-0.15, -0.1) is 0 Å². The average Bonchev–Trinajstić information content (AvgIpc) is 2.78. The van der Waals surface area contributed by atoms with E-state index in [-0.39, 0.29) is 11.5 Å². The SMILES string of the molecule is Cc1cc2c(n1Cc1ccc([N+](=O)[O-])cc1)CCCC2=O. The number of nitro groups is 1. The molecule has 0 radical (unpaired) electrons. The lowest BCUT2D eigenvalue weighted by Gasteiger charge is -2.16. The molecule has 0 aliphatic heterocycles. The van der Waals surface area contributed by atoms with Crippen LogP contribution >= 0.6 is 0 Å². The molecule has 5 heteroatoms. The summed E-state index contributed by atoms with van der Waals surface area (Å²) in [6.45, 7) is 2.64. The third-order valence-electron chi connectivity index (χ3n) is 4.02. The maximum atomic E-state index is 11.9. The molecule has 1 aromatic carbocycles. The zero-order valence-corrected chi connectivity index (χ0v) is 11.8. The Hall–Kier alpha value is -2.43. The summed E-state index contributed by atoms with van der Waals surface area (Å²) in [5, 5.41) is 10.7. The summed E-state index contributed by atoms with van der Waals surface area (Å²) < 4.78 is 2.15. The Morgan fingerprint density at radius 2 is 1.95 bits per heavy atom. The predicted octanol–water partition coefficient (Wildman–Crippen LogP) is 3.27. The van der Waals surface area contributed by atoms with Crippen molar-refractivity contribution in [1.82, 2.24) is 4.57 Å². The van der Waals surface area contributed by atoms with E-state index in [1.165, 1.54) is 12.1 Å². The van der Waals surface area contributed by atoms with Gasteiger partial charge in [-0.25, -0.2) is 0 Å². The van der Waals surface area contributed by atoms with Crippen molar-refractivity contribution in [1.29, 1.82) is 0 Å². The van der Waals surface area contributed by atoms with Gasteiger partial charge >= 0.3 is 0 Å². The molecule has 1 aromatic heterocycles. The molecule has 0 fully saturated rings. The number of Topliss-reactive ketones (excluding diaryl/α,β-unsaturated/α-hetero) is 1. The summed E-state index contributed by atoms with van der Waals surface area (Å²) >= 11 is 0. The molecule has 0 bridgehead atoms. The van der Waals surface area contributed by atoms with Crippen LogP contribution in [0.25, 0.3) is 0 Å². The van der Waals surface area contributed by atoms with Gasteiger partial charge in [-0.2, -0.15) is 0 Å². The fourth-order valence-corrected chi connectivity index (χ4v) is 2.92. The molecule has 1 heterocycles. The van der Waals surface area contributed by atoms with Gasteiger partial charge in [0.1, 0.15) is 0 Å². The summed E-state index contributed by atoms with van der Waals surface area (Å²) in [4.78, 5) is 22.2. The largest absolute Gasteiger partial charge is 0.344 e. The molecule has 2 aromatic rings. The minimum atomic E-state index is -0.398. The molecular weight excluding hydrogens is 268 g/mol. The van der Waals surface area contributed by atoms with Crippen LogP contribution in [0.4, 0.5) is 5.69 Å². The van der Waals surface area contributed by atoms with E-state index >= 15 is 0 Å². The summed E-state index contributed by atoms with van der Waals surface area (Å²) in [6, 6.07) is 8.54. The second kappa shape index (κ2) is 5.16. The molecule has 5 nitrogen and oxygen atoms in total. The summed E-state index contributed by atoms with van der Waals surface area (Å²) in [5.74, 6) is 0.224. The van der Waals surface area contributed by atoms with Crippen LogP contribution in [-0.2, 0) is 13.0 Å². The first-order chi connectivity index (χ1) is 10.1. The van der Waals surface area contributed by atoms with Crippen molar-refractivity contribution in [3.05, 3.63) is 63.0 Å². The van der Waals surface area contributed by atoms with E-state index in [4.69, 9.17) is 0 Å². The summed E-state index contributed by atoms with van der Waals surface area (Å²) in [5.41, 5.74) is 4.11. The zero-order valence-electron chi connectivity index (χ0n) is 11.8. The second-order valence-corrected chi connectivity index (χ2v) is 5.43. The molecule has 108 valence electrons. The minimum absolute atomic E-state index is 0.0974. The Labute approximate surface area is 122 Å². The van der Waals surface area contributed by atoms with Gasteiger partial charge in [-0.3, -0.25) is 14.9 Å². The Morgan fingerprint density at radius 3 is 2.62 bits per heavy atom. The Morgan fingerprint density at radius 1 is 1.24 bits per heavy atom. The minimum Gasteiger partial charge on any atom is -0.344 e. The van der Waals surface area contributed by atoms with Crippen molar-refractivity contribution < 1.29 is 9.72 Å². The number of non-ortho nitro benzene ring substituents is 1. The molecule has 3 rings (SSSR count). The lowest BCUT2D eigenvalue weighted by molar-refractivity contribution is -0.384. The highest BCUT2D eigenvalue weighted by atomic mass is 16.6. The number of nitro benzene ring substituents is 1. The van der Waals surface area contributed by atoms with Crippen LogP contribution in [-0.4, -0.2) is 15.3 Å². The van der Waals surface area contributed by atoms with Gasteiger partial charge in [0.2, 0.25) is 0 Å². The fraction of sp³-hybridized carbons (Fsp3) is 0.312. The van der Waals surface area contributed by atoms with Gasteiger partial charge in [0, 0.05) is 42.0 Å². The smallest absolute Gasteiger partial charge is 0.269 e. The number of aryl methyl sites for hydroxylation is 1. The van der Waals surface area contributed by atoms with E-state index in [0.29, 0.717) is 13.0 Å². The number of ketones is 1. The molecule has 0 spiro atoms. The van der Waals surface area contributed by atoms with Crippen molar-refractivity contribution in [3.8, 4) is 0 Å². The van der Waals surface area contributed by atoms with Gasteiger partial charge in [0.15, 0.2) is 5.78 Å². The van der Waals surface area contributed by atoms with Crippen LogP contribution in [0.5, 0.6) is 0 Å². The van der Waals surface area contributed by atoms with E-state index in [1.54, 1.807) is 12.1 Å². The van der Waals surface area contributed by atoms with Crippen molar-refractivity contribution in [2.24, 2.45) is 0 Å². The van der Waals surface area contributed by atoms with E-state index < -0.39 is 4.92 Å². The Balaban J connectivity index is 1.91. The molecule has 0 unspecified atom stereocenters. The third kappa shape index (κ3) is 2.46. The van der Waals surface area contributed by atoms with Gasteiger partial charge in [0.25, 0.3) is 5.69 Å². The van der Waals surface area contributed by atoms with Crippen LogP contribution in [0.3, 0.4) is 0 Å². The van der Waals surface area contributed by atoms with Gasteiger partial charge in [-0.05, 0) is 31.4 Å². The van der Waals surface area contributed by atoms with E-state index in [9.17, 15) is 14.9 Å². The molecule has 0 N–H and O–H groups in total. The molecule has 1 aliphatic carbocycles. The second-order valence-electron chi connectivity index (χ2n) is 5.43. The summed E-state index contributed by atoms with van der Waals surface area (Å²) in [7, 11) is 0. The maximum absolute atomic E-state index is 11.9. The normalized spacial score (nSPS) is 14.0. The van der Waals surface area contributed by atoms with Crippen molar-refractivity contribution in [3.63, 3.8) is 0 Å². The van der Waals surface area contributed by atoms with Gasteiger partial charge < -0.3 is 4.57 Å². The highest BCUT2D eigenvalue weighted by molar-refractivity contribution is 5.98. The lowest BCUT2D eigenvalue weighted by Crippen LogP contribution is -2.14. The molecule has 0 saturated heterocycles. The predicted molar refractivity (Wildman–Crippen MR) is 78.6 cm³/mol. The van der Waals surface area contributed by atoms with E-state index in [1.807, 2.05) is 13.0 Å². The van der Waals surface area contributed by atoms with Crippen LogP contribution in [0.1, 0.15) is 40.2 Å². The molecule has 0 amide bonds. The molecule has 0 saturated carbocycles. The fourth-order valence-electron chi connectivity index (χ4n) is 2.92. The lowest BCUT2D eigenvalue weighted by atomic mass is 9.96. The van der Waals surface area contributed by atoms with Crippen molar-refractivity contribution in [2.45, 2.75) is 32.7 Å². The number of hydrogen-bond acceptors (Lipinski definition) is 3. The van der Waals surface area contributed by atoms with Crippen LogP contribution in [0.15, 0.2) is 30.3 Å². The van der Waals surface area contributed by atoms with E-state index in [2.05, 4.69) is 4.57 Å². The monoisotopic (exact) mass is 284 g/mol. The highest BCUT2D eigenvalue weighted by Crippen LogP contribution is 2.26. The number of hydrogen-bond donors (Lipinski definition) is 0. The van der Waals surface area contributed by atoms with E-state index in [0.717, 1.165) is 35.4 Å². The first-order valence-corrected chi connectivity index (χ1v) is 7.02. The quantitative estimate of drug-likeness (QED) is 0.641. The van der Waals surface area contributed by atoms with Crippen LogP contribution < -0.4 is 0 Å². The number of carbonyl (C=O) groups excluding carboxylic acids is 1. The number of fused-ring (bicyclic) bond motifs is 1. The third-order valence-corrected chi connectivity index (χ3v) is 4.02. The maximum Gasteiger partial charge on any atom is 0.269 e. The number of rotatable bonds is 3. The number of carbonyl (C=O) groups is 1. The molecule has 1 aliphatic rings. The highest BCUT2D eigenvalue weighted by Gasteiger charge is 2.22. The number of benzene rings is 1. The van der Waals surface area contributed by atoms with Gasteiger partial charge in [-0.1, -0.05) is 12.1 Å². The topological polar surface area (TPSA) is 65.1 Å². The average molecular weight is 284 g/mol. The van der Waals surface area contributed by atoms with Crippen molar-refractivity contribution in [2.75, 3.05) is 0 Å². The summed E-state index contributed by atoms with van der Waals surface area (Å²) in [6.07, 6.45) is 2.45. The Kier molecular flexibility index (Phi) is 3.33. The first kappa shape index (κ1) is 13.5. The standard InChI is InChI=1S/C16H16N2O3/c1-11-9-14-15(3-2-4-16(14)19)17(11)10-12-5-7-13(8-6-12)18(20)21/h5-9H,2-4,10H2,1H3. The molecule has 0 atom stereocenters. The molecular formula is C16H16N2O3. The van der Waals surface area contributed by atoms with Crippen molar-refractivity contribution >= 4 is 11.5 Å². The first-order valence-electron chi connectivity index (χ1n) is 7.02. The number of nitrogens with zero attached hydrogens (tertiary/aromatic N) is 2. The van der Waals surface area contributed by atoms with Crippen LogP contribution in [0, 0.1) is 17.0 Å². The zero-order chi connectivity index (χ0) is 15.0. The molecule has 21 heavy (non-hydrogen) atoms. The Bertz CT molecular complexity index is 714. The van der Waals surface area contributed by atoms with Crippen LogP contribution in [0.2, 0.25) is 0 Å².